The summed E-state index contributed by atoms with van der Waals surface area (Å²) in [5, 5.41) is 24.7. The molecule has 0 atom stereocenters. The summed E-state index contributed by atoms with van der Waals surface area (Å²) in [7, 11) is 0. The Morgan fingerprint density at radius 1 is 0.311 bits per heavy atom. The third-order valence-electron chi connectivity index (χ3n) is 25.1. The number of phenolic OH excluding ortho intramolecular Hbond substituents is 2. The minimum absolute atomic E-state index is 0.0136. The van der Waals surface area contributed by atoms with Gasteiger partial charge in [-0.15, -0.1) is 23.5 Å². The van der Waals surface area contributed by atoms with Crippen LogP contribution < -0.4 is 4.74 Å². The normalized spacial score (nSPS) is 12.5. The highest BCUT2D eigenvalue weighted by Gasteiger charge is 2.51. The lowest BCUT2D eigenvalue weighted by Gasteiger charge is -2.34. The van der Waals surface area contributed by atoms with E-state index in [2.05, 4.69) is 132 Å². The Labute approximate surface area is 760 Å². The van der Waals surface area contributed by atoms with E-state index in [1.165, 1.54) is 257 Å². The van der Waals surface area contributed by atoms with Gasteiger partial charge >= 0.3 is 23.9 Å². The maximum Gasteiger partial charge on any atom is 0.329 e. The molecule has 0 radical (unpaired) electrons. The second-order valence-corrected chi connectivity index (χ2v) is 45.2. The molecule has 12 heteroatoms. The first kappa shape index (κ1) is 112. The number of thioether (sulfide) groups is 2. The molecular weight excluding hydrogens is 1550 g/mol. The van der Waals surface area contributed by atoms with Crippen molar-refractivity contribution in [2.75, 3.05) is 31.3 Å². The van der Waals surface area contributed by atoms with E-state index in [0.29, 0.717) is 55.8 Å². The first-order valence-corrected chi connectivity index (χ1v) is 53.0. The minimum atomic E-state index is -2.06. The number of hydrogen-bond acceptors (Lipinski definition) is 12. The first-order valence-electron chi connectivity index (χ1n) is 50.9. The van der Waals surface area contributed by atoms with Gasteiger partial charge in [-0.1, -0.05) is 476 Å². The summed E-state index contributed by atoms with van der Waals surface area (Å²) in [5.41, 5.74) is 1.20. The Morgan fingerprint density at radius 2 is 0.557 bits per heavy atom. The molecule has 0 bridgehead atoms. The van der Waals surface area contributed by atoms with Crippen molar-refractivity contribution in [2.24, 2.45) is 11.3 Å². The van der Waals surface area contributed by atoms with Crippen LogP contribution in [0.25, 0.3) is 0 Å². The van der Waals surface area contributed by atoms with Crippen LogP contribution in [-0.2, 0) is 79.7 Å². The largest absolute Gasteiger partial charge is 0.507 e. The predicted molar refractivity (Wildman–Crippen MR) is 528 cm³/mol. The number of rotatable bonds is 71. The van der Waals surface area contributed by atoms with E-state index in [-0.39, 0.29) is 55.2 Å². The van der Waals surface area contributed by atoms with Gasteiger partial charge in [-0.25, -0.2) is 0 Å². The van der Waals surface area contributed by atoms with Crippen molar-refractivity contribution in [1.29, 1.82) is 0 Å². The lowest BCUT2D eigenvalue weighted by atomic mass is 9.71. The molecule has 3 aromatic carbocycles. The summed E-state index contributed by atoms with van der Waals surface area (Å²) in [6.07, 6.45) is 64.4. The molecule has 122 heavy (non-hydrogen) atoms. The predicted octanol–water partition coefficient (Wildman–Crippen LogP) is 33.2. The number of esters is 4. The maximum absolute atomic E-state index is 17.1. The van der Waals surface area contributed by atoms with Crippen LogP contribution >= 0.6 is 23.5 Å². The van der Waals surface area contributed by atoms with Crippen molar-refractivity contribution in [3.63, 3.8) is 0 Å². The zero-order valence-corrected chi connectivity index (χ0v) is 84.7. The fourth-order valence-corrected chi connectivity index (χ4v) is 19.8. The van der Waals surface area contributed by atoms with Crippen molar-refractivity contribution >= 4 is 47.4 Å². The van der Waals surface area contributed by atoms with Gasteiger partial charge < -0.3 is 29.2 Å². The van der Waals surface area contributed by atoms with Crippen LogP contribution in [0.5, 0.6) is 17.2 Å². The van der Waals surface area contributed by atoms with Gasteiger partial charge in [0.05, 0.1) is 17.8 Å². The maximum atomic E-state index is 17.1. The lowest BCUT2D eigenvalue weighted by Crippen LogP contribution is -2.48. The van der Waals surface area contributed by atoms with E-state index in [1.54, 1.807) is 0 Å². The highest BCUT2D eigenvalue weighted by atomic mass is 32.2. The number of carbonyl (C=O) groups is 4. The van der Waals surface area contributed by atoms with Gasteiger partial charge in [-0.2, -0.15) is 0 Å². The van der Waals surface area contributed by atoms with Crippen LogP contribution in [0.2, 0.25) is 0 Å². The molecule has 702 valence electrons. The van der Waals surface area contributed by atoms with Crippen molar-refractivity contribution in [3.05, 3.63) is 86.5 Å². The third kappa shape index (κ3) is 46.7. The van der Waals surface area contributed by atoms with Gasteiger partial charge in [0, 0.05) is 5.56 Å². The van der Waals surface area contributed by atoms with Gasteiger partial charge in [0.25, 0.3) is 0 Å². The summed E-state index contributed by atoms with van der Waals surface area (Å²) < 4.78 is 26.2. The molecule has 0 aliphatic carbocycles. The fourth-order valence-electron chi connectivity index (χ4n) is 17.2. The quantitative estimate of drug-likeness (QED) is 0.0139. The Morgan fingerprint density at radius 3 is 0.820 bits per heavy atom. The minimum Gasteiger partial charge on any atom is -0.507 e. The van der Waals surface area contributed by atoms with Crippen LogP contribution in [-0.4, -0.2) is 70.0 Å². The molecule has 0 heterocycles. The highest BCUT2D eigenvalue weighted by molar-refractivity contribution is 8.17. The van der Waals surface area contributed by atoms with Gasteiger partial charge in [0.15, 0.2) is 11.3 Å². The van der Waals surface area contributed by atoms with Crippen molar-refractivity contribution in [1.82, 2.24) is 0 Å². The Hall–Kier alpha value is -4.16. The number of aryl methyl sites for hydroxylation is 1. The molecule has 0 aliphatic rings. The van der Waals surface area contributed by atoms with Crippen LogP contribution in [0.15, 0.2) is 36.4 Å². The van der Waals surface area contributed by atoms with E-state index >= 15 is 9.59 Å². The molecule has 10 nitrogen and oxygen atoms in total. The van der Waals surface area contributed by atoms with Crippen LogP contribution in [0.3, 0.4) is 0 Å². The number of phenols is 2. The lowest BCUT2D eigenvalue weighted by molar-refractivity contribution is -0.167. The number of hydrogen-bond donors (Lipinski definition) is 2. The molecule has 3 rings (SSSR count). The van der Waals surface area contributed by atoms with E-state index < -0.39 is 62.3 Å². The van der Waals surface area contributed by atoms with Crippen molar-refractivity contribution < 1.29 is 48.3 Å². The van der Waals surface area contributed by atoms with E-state index in [1.807, 2.05) is 66.8 Å². The second-order valence-electron chi connectivity index (χ2n) is 42.3. The molecular formula is C110H190O10S2. The zero-order valence-electron chi connectivity index (χ0n) is 83.0. The molecule has 0 saturated carbocycles. The summed E-state index contributed by atoms with van der Waals surface area (Å²) in [6, 6.07) is 11.8. The van der Waals surface area contributed by atoms with Gasteiger partial charge in [-0.05, 0) is 135 Å². The van der Waals surface area contributed by atoms with Crippen LogP contribution in [0.1, 0.15) is 516 Å². The van der Waals surface area contributed by atoms with Crippen LogP contribution in [0, 0.1) is 18.3 Å². The Balaban J connectivity index is 2.21. The van der Waals surface area contributed by atoms with E-state index in [0.717, 1.165) is 88.6 Å². The zero-order chi connectivity index (χ0) is 90.3. The SMILES string of the molecule is CCCCCCCCCCCCCCCCCCOC(=O)C(Cc1cc(C)c(OC(=O)C(Cc2cc(C(C)(C)C)c(O)c(C(C)(C)C)c2)(Cc2cc(C(C)(C)C)c(O)c(C(C)(C)C)c2)C(=O)OCC(SCCCCCCCCCCCC)SCCCCCCCCCCCC)c(C(C)(C)C)c1)C(=O)OCCCCCCCCCCCCCCCCCC. The summed E-state index contributed by atoms with van der Waals surface area (Å²) >= 11 is 3.74. The number of carbonyl (C=O) groups excluding carboxylic acids is 4. The topological polar surface area (TPSA) is 146 Å². The van der Waals surface area contributed by atoms with E-state index in [4.69, 9.17) is 18.9 Å². The summed E-state index contributed by atoms with van der Waals surface area (Å²) in [5.74, 6) is -1.35. The van der Waals surface area contributed by atoms with E-state index in [9.17, 15) is 19.8 Å². The summed E-state index contributed by atoms with van der Waals surface area (Å²) in [6.45, 7) is 42.7. The number of aromatic hydroxyl groups is 2. The molecule has 0 saturated heterocycles. The van der Waals surface area contributed by atoms with Crippen LogP contribution in [0.4, 0.5) is 0 Å². The Kier molecular flexibility index (Phi) is 57.8. The van der Waals surface area contributed by atoms with Crippen molar-refractivity contribution in [2.45, 2.75) is 523 Å². The van der Waals surface area contributed by atoms with Gasteiger partial charge in [-0.3, -0.25) is 19.2 Å². The average Bonchev–Trinajstić information content (AvgIpc) is 0.752. The number of unbranched alkanes of at least 4 members (excludes halogenated alkanes) is 48. The standard InChI is InChI=1S/C110H190O10S2/c1-21-25-29-33-37-41-45-47-49-51-53-55-57-61-65-69-73-117-101(113)91(102(114)118-74-70-66-62-58-56-54-52-50-48-46-42-38-34-30-26-22-2)78-88-77-87(5)100(96(79-88)109(18,19)20)120-104(116)110(84-89-80-92(105(6,7)8)98(111)93(81-89)106(9,10)11,85-90-82-94(107(12,13)14)99(112)95(83-90)108(15,16)17)103(115)119-86-97(121-75-71-67-63-59-43-39-35-31-27-23-3)122-76-72-68-64-60-44-40-36-32-28-24-4/h77,79-83,91,97,111-112H,21-76,78,84-86H2,1-20H3. The molecule has 0 amide bonds. The fraction of sp³-hybridized carbons (Fsp3) is 0.800. The number of benzene rings is 3. The smallest absolute Gasteiger partial charge is 0.329 e. The average molecular weight is 1740 g/mol. The molecule has 3 aromatic rings. The third-order valence-corrected chi connectivity index (χ3v) is 28.0. The molecule has 0 aromatic heterocycles. The molecule has 2 N–H and O–H groups in total. The Bertz CT molecular complexity index is 3050. The molecule has 0 spiro atoms. The monoisotopic (exact) mass is 1740 g/mol. The van der Waals surface area contributed by atoms with Gasteiger partial charge in [0.1, 0.15) is 23.9 Å². The first-order chi connectivity index (χ1) is 58.1. The molecule has 0 aliphatic heterocycles. The summed E-state index contributed by atoms with van der Waals surface area (Å²) in [4.78, 5) is 63.1. The highest BCUT2D eigenvalue weighted by Crippen LogP contribution is 2.47. The molecule has 0 fully saturated rings. The second kappa shape index (κ2) is 62.9. The van der Waals surface area contributed by atoms with Crippen molar-refractivity contribution in [3.8, 4) is 17.2 Å². The molecule has 0 unspecified atom stereocenters. The van der Waals surface area contributed by atoms with Gasteiger partial charge in [0.2, 0.25) is 0 Å². The number of ether oxygens (including phenoxy) is 4.